The molecule has 0 spiro atoms. The van der Waals surface area contributed by atoms with Crippen LogP contribution < -0.4 is 10.6 Å². The molecule has 1 atom stereocenters. The summed E-state index contributed by atoms with van der Waals surface area (Å²) in [6.07, 6.45) is 7.00. The summed E-state index contributed by atoms with van der Waals surface area (Å²) in [6.45, 7) is 1.02. The Bertz CT molecular complexity index is 748. The standard InChI is InChI=1S/C22H31N3O4/c1-23-14-7-5-3-4-6-9-16-10-8-11-18-20(16)22(29)25(21(18)28)17(15-26)12-13-19(27)24-2/h8,10-11,15,17,23H,3-7,9,12-14H2,1-2H3,(H,24,27). The highest BCUT2D eigenvalue weighted by molar-refractivity contribution is 6.23. The van der Waals surface area contributed by atoms with Gasteiger partial charge in [0.05, 0.1) is 17.2 Å². The molecule has 7 heteroatoms. The number of hydrogen-bond donors (Lipinski definition) is 2. The van der Waals surface area contributed by atoms with Crippen LogP contribution in [0, 0.1) is 0 Å². The zero-order valence-electron chi connectivity index (χ0n) is 17.3. The molecule has 158 valence electrons. The Kier molecular flexibility index (Phi) is 8.99. The van der Waals surface area contributed by atoms with Crippen LogP contribution in [0.15, 0.2) is 18.2 Å². The second-order valence-corrected chi connectivity index (χ2v) is 7.36. The molecule has 1 aliphatic heterocycles. The molecule has 0 saturated carbocycles. The van der Waals surface area contributed by atoms with Gasteiger partial charge in [-0.05, 0) is 50.9 Å². The molecule has 1 aromatic carbocycles. The van der Waals surface area contributed by atoms with Gasteiger partial charge in [0.2, 0.25) is 5.91 Å². The van der Waals surface area contributed by atoms with Gasteiger partial charge in [0.15, 0.2) is 0 Å². The lowest BCUT2D eigenvalue weighted by molar-refractivity contribution is -0.121. The highest BCUT2D eigenvalue weighted by Gasteiger charge is 2.41. The maximum atomic E-state index is 13.0. The van der Waals surface area contributed by atoms with Crippen LogP contribution in [0.25, 0.3) is 0 Å². The predicted molar refractivity (Wildman–Crippen MR) is 111 cm³/mol. The number of rotatable bonds is 13. The molecule has 2 N–H and O–H groups in total. The van der Waals surface area contributed by atoms with Crippen LogP contribution in [0.2, 0.25) is 0 Å². The van der Waals surface area contributed by atoms with E-state index in [2.05, 4.69) is 10.6 Å². The first kappa shape index (κ1) is 22.7. The molecular formula is C22H31N3O4. The van der Waals surface area contributed by atoms with Crippen molar-refractivity contribution in [2.24, 2.45) is 0 Å². The zero-order chi connectivity index (χ0) is 21.2. The van der Waals surface area contributed by atoms with Crippen molar-refractivity contribution < 1.29 is 19.2 Å². The molecule has 2 rings (SSSR count). The highest BCUT2D eigenvalue weighted by atomic mass is 16.2. The first-order valence-corrected chi connectivity index (χ1v) is 10.3. The quantitative estimate of drug-likeness (QED) is 0.300. The third-order valence-electron chi connectivity index (χ3n) is 5.34. The van der Waals surface area contributed by atoms with E-state index in [9.17, 15) is 19.2 Å². The van der Waals surface area contributed by atoms with Gasteiger partial charge in [0.1, 0.15) is 6.29 Å². The molecule has 0 saturated heterocycles. The van der Waals surface area contributed by atoms with Crippen molar-refractivity contribution >= 4 is 24.0 Å². The lowest BCUT2D eigenvalue weighted by Crippen LogP contribution is -2.41. The summed E-state index contributed by atoms with van der Waals surface area (Å²) in [5.74, 6) is -1.11. The van der Waals surface area contributed by atoms with E-state index in [1.165, 1.54) is 13.5 Å². The second-order valence-electron chi connectivity index (χ2n) is 7.36. The Hall–Kier alpha value is -2.54. The molecule has 0 fully saturated rings. The van der Waals surface area contributed by atoms with Crippen LogP contribution in [-0.4, -0.2) is 55.6 Å². The van der Waals surface area contributed by atoms with Crippen LogP contribution in [0.5, 0.6) is 0 Å². The van der Waals surface area contributed by atoms with Crippen molar-refractivity contribution in [2.45, 2.75) is 57.4 Å². The number of carbonyl (C=O) groups excluding carboxylic acids is 4. The number of unbranched alkanes of at least 4 members (excludes halogenated alkanes) is 4. The van der Waals surface area contributed by atoms with Gasteiger partial charge in [-0.25, -0.2) is 0 Å². The van der Waals surface area contributed by atoms with E-state index in [1.807, 2.05) is 13.1 Å². The van der Waals surface area contributed by atoms with E-state index < -0.39 is 17.9 Å². The predicted octanol–water partition coefficient (Wildman–Crippen LogP) is 2.09. The van der Waals surface area contributed by atoms with Crippen molar-refractivity contribution in [3.05, 3.63) is 34.9 Å². The minimum absolute atomic E-state index is 0.0771. The van der Waals surface area contributed by atoms with Crippen LogP contribution in [0.3, 0.4) is 0 Å². The number of nitrogens with zero attached hydrogens (tertiary/aromatic N) is 1. The normalized spacial score (nSPS) is 14.1. The van der Waals surface area contributed by atoms with Gasteiger partial charge in [-0.3, -0.25) is 19.3 Å². The fraction of sp³-hybridized carbons (Fsp3) is 0.545. The zero-order valence-corrected chi connectivity index (χ0v) is 17.3. The van der Waals surface area contributed by atoms with Gasteiger partial charge >= 0.3 is 0 Å². The van der Waals surface area contributed by atoms with Gasteiger partial charge < -0.3 is 15.4 Å². The summed E-state index contributed by atoms with van der Waals surface area (Å²) in [7, 11) is 3.46. The lowest BCUT2D eigenvalue weighted by Gasteiger charge is -2.21. The summed E-state index contributed by atoms with van der Waals surface area (Å²) < 4.78 is 0. The Labute approximate surface area is 172 Å². The van der Waals surface area contributed by atoms with Crippen molar-refractivity contribution in [2.75, 3.05) is 20.6 Å². The third-order valence-corrected chi connectivity index (χ3v) is 5.34. The van der Waals surface area contributed by atoms with E-state index in [0.717, 1.165) is 49.1 Å². The Morgan fingerprint density at radius 3 is 2.48 bits per heavy atom. The summed E-state index contributed by atoms with van der Waals surface area (Å²) in [4.78, 5) is 49.8. The summed E-state index contributed by atoms with van der Waals surface area (Å²) >= 11 is 0. The van der Waals surface area contributed by atoms with Gasteiger partial charge in [0.25, 0.3) is 11.8 Å². The number of hydrogen-bond acceptors (Lipinski definition) is 5. The van der Waals surface area contributed by atoms with Crippen molar-refractivity contribution in [3.8, 4) is 0 Å². The van der Waals surface area contributed by atoms with Gasteiger partial charge in [-0.15, -0.1) is 0 Å². The molecule has 1 heterocycles. The molecule has 0 aromatic heterocycles. The number of aryl methyl sites for hydroxylation is 1. The number of nitrogens with one attached hydrogen (secondary N) is 2. The number of fused-ring (bicyclic) bond motifs is 1. The Morgan fingerprint density at radius 1 is 1.07 bits per heavy atom. The Morgan fingerprint density at radius 2 is 1.79 bits per heavy atom. The SMILES string of the molecule is CNCCCCCCCc1cccc2c1C(=O)N(C(C=O)CCC(=O)NC)C2=O. The van der Waals surface area contributed by atoms with Crippen molar-refractivity contribution in [3.63, 3.8) is 0 Å². The largest absolute Gasteiger partial charge is 0.359 e. The van der Waals surface area contributed by atoms with Crippen molar-refractivity contribution in [1.82, 2.24) is 15.5 Å². The highest BCUT2D eigenvalue weighted by Crippen LogP contribution is 2.29. The molecule has 29 heavy (non-hydrogen) atoms. The van der Waals surface area contributed by atoms with Gasteiger partial charge in [-0.2, -0.15) is 0 Å². The van der Waals surface area contributed by atoms with E-state index in [4.69, 9.17) is 0 Å². The topological polar surface area (TPSA) is 95.6 Å². The number of imide groups is 1. The van der Waals surface area contributed by atoms with E-state index in [-0.39, 0.29) is 18.7 Å². The first-order chi connectivity index (χ1) is 14.0. The van der Waals surface area contributed by atoms with Crippen LogP contribution in [0.1, 0.15) is 71.2 Å². The van der Waals surface area contributed by atoms with Crippen LogP contribution in [0.4, 0.5) is 0 Å². The molecule has 1 aromatic rings. The fourth-order valence-corrected chi connectivity index (χ4v) is 3.69. The molecule has 1 unspecified atom stereocenters. The monoisotopic (exact) mass is 401 g/mol. The smallest absolute Gasteiger partial charge is 0.262 e. The van der Waals surface area contributed by atoms with E-state index >= 15 is 0 Å². The molecule has 0 radical (unpaired) electrons. The average Bonchev–Trinajstić information content (AvgIpc) is 2.99. The van der Waals surface area contributed by atoms with Crippen molar-refractivity contribution in [1.29, 1.82) is 0 Å². The number of carbonyl (C=O) groups is 4. The molecular weight excluding hydrogens is 370 g/mol. The Balaban J connectivity index is 2.03. The molecule has 7 nitrogen and oxygen atoms in total. The number of amides is 3. The van der Waals surface area contributed by atoms with E-state index in [1.54, 1.807) is 12.1 Å². The minimum Gasteiger partial charge on any atom is -0.359 e. The van der Waals surface area contributed by atoms with Gasteiger partial charge in [0, 0.05) is 13.5 Å². The molecule has 0 aliphatic carbocycles. The molecule has 0 bridgehead atoms. The number of aldehydes is 1. The maximum absolute atomic E-state index is 13.0. The lowest BCUT2D eigenvalue weighted by atomic mass is 9.97. The van der Waals surface area contributed by atoms with Crippen LogP contribution >= 0.6 is 0 Å². The summed E-state index contributed by atoms with van der Waals surface area (Å²) in [5.41, 5.74) is 1.63. The molecule has 3 amide bonds. The summed E-state index contributed by atoms with van der Waals surface area (Å²) in [5, 5.41) is 5.62. The third kappa shape index (κ3) is 5.73. The van der Waals surface area contributed by atoms with E-state index in [0.29, 0.717) is 17.4 Å². The fourth-order valence-electron chi connectivity index (χ4n) is 3.69. The minimum atomic E-state index is -0.931. The maximum Gasteiger partial charge on any atom is 0.262 e. The summed E-state index contributed by atoms with van der Waals surface area (Å²) in [6, 6.07) is 4.38. The average molecular weight is 402 g/mol. The second kappa shape index (κ2) is 11.5. The number of benzene rings is 1. The van der Waals surface area contributed by atoms with Crippen LogP contribution in [-0.2, 0) is 16.0 Å². The first-order valence-electron chi connectivity index (χ1n) is 10.3. The van der Waals surface area contributed by atoms with Gasteiger partial charge in [-0.1, -0.05) is 31.4 Å². The molecule has 1 aliphatic rings.